The summed E-state index contributed by atoms with van der Waals surface area (Å²) in [5.41, 5.74) is 3.78. The first-order valence-corrected chi connectivity index (χ1v) is 8.84. The highest BCUT2D eigenvalue weighted by Gasteiger charge is 2.14. The topological polar surface area (TPSA) is 40.5 Å². The fraction of sp³-hybridized carbons (Fsp3) is 0.217. The lowest BCUT2D eigenvalue weighted by molar-refractivity contribution is 0.474. The smallest absolute Gasteiger partial charge is 0.115 e. The van der Waals surface area contributed by atoms with Gasteiger partial charge in [0, 0.05) is 5.92 Å². The van der Waals surface area contributed by atoms with Crippen molar-refractivity contribution in [2.24, 2.45) is 0 Å². The van der Waals surface area contributed by atoms with Crippen LogP contribution in [0.3, 0.4) is 0 Å². The van der Waals surface area contributed by atoms with E-state index >= 15 is 0 Å². The van der Waals surface area contributed by atoms with Crippen LogP contribution in [-0.2, 0) is 6.42 Å². The Hall–Kier alpha value is -2.74. The number of hydrogen-bond acceptors (Lipinski definition) is 2. The maximum Gasteiger partial charge on any atom is 0.115 e. The van der Waals surface area contributed by atoms with Crippen LogP contribution in [-0.4, -0.2) is 10.2 Å². The third-order valence-electron chi connectivity index (χ3n) is 4.64. The number of hydrogen-bond donors (Lipinski definition) is 2. The van der Waals surface area contributed by atoms with Crippen LogP contribution in [0, 0.1) is 0 Å². The van der Waals surface area contributed by atoms with Crippen LogP contribution in [0.5, 0.6) is 11.5 Å². The summed E-state index contributed by atoms with van der Waals surface area (Å²) in [7, 11) is 0. The van der Waals surface area contributed by atoms with Gasteiger partial charge in [-0.2, -0.15) is 0 Å². The van der Waals surface area contributed by atoms with E-state index in [1.54, 1.807) is 24.3 Å². The minimum absolute atomic E-state index is 0.275. The molecule has 0 atom stereocenters. The summed E-state index contributed by atoms with van der Waals surface area (Å²) in [5.74, 6) is 0.853. The molecule has 0 heterocycles. The van der Waals surface area contributed by atoms with Crippen molar-refractivity contribution in [1.29, 1.82) is 0 Å². The van der Waals surface area contributed by atoms with E-state index in [-0.39, 0.29) is 17.4 Å². The van der Waals surface area contributed by atoms with Crippen molar-refractivity contribution in [3.63, 3.8) is 0 Å². The standard InChI is InChI=1S/C23H24O2/c24-21-14-10-19(11-15-21)23(20-12-16-22(25)17-13-20)9-5-4-8-18-6-2-1-3-7-18/h1-3,6-7,10-17,23-25H,4-5,8-9H2. The molecule has 0 fully saturated rings. The minimum Gasteiger partial charge on any atom is -0.508 e. The molecule has 0 aromatic heterocycles. The van der Waals surface area contributed by atoms with Crippen LogP contribution in [0.1, 0.15) is 41.9 Å². The molecule has 2 nitrogen and oxygen atoms in total. The van der Waals surface area contributed by atoms with Gasteiger partial charge in [0.15, 0.2) is 0 Å². The van der Waals surface area contributed by atoms with E-state index in [9.17, 15) is 10.2 Å². The molecule has 0 radical (unpaired) electrons. The molecular weight excluding hydrogens is 308 g/mol. The number of benzene rings is 3. The Balaban J connectivity index is 1.68. The maximum absolute atomic E-state index is 9.55. The summed E-state index contributed by atoms with van der Waals surface area (Å²) >= 11 is 0. The van der Waals surface area contributed by atoms with E-state index in [2.05, 4.69) is 30.3 Å². The van der Waals surface area contributed by atoms with Crippen LogP contribution in [0.15, 0.2) is 78.9 Å². The lowest BCUT2D eigenvalue weighted by atomic mass is 9.86. The van der Waals surface area contributed by atoms with Crippen molar-refractivity contribution in [2.75, 3.05) is 0 Å². The lowest BCUT2D eigenvalue weighted by Crippen LogP contribution is -2.01. The Morgan fingerprint density at radius 3 is 1.64 bits per heavy atom. The first-order valence-electron chi connectivity index (χ1n) is 8.84. The van der Waals surface area contributed by atoms with Crippen LogP contribution in [0.4, 0.5) is 0 Å². The molecule has 0 aliphatic carbocycles. The second kappa shape index (κ2) is 8.39. The van der Waals surface area contributed by atoms with Gasteiger partial charge in [-0.15, -0.1) is 0 Å². The predicted octanol–water partition coefficient (Wildman–Crippen LogP) is 5.64. The summed E-state index contributed by atoms with van der Waals surface area (Å²) in [6, 6.07) is 25.5. The first-order chi connectivity index (χ1) is 12.2. The zero-order chi connectivity index (χ0) is 17.5. The highest BCUT2D eigenvalue weighted by atomic mass is 16.3. The third kappa shape index (κ3) is 4.87. The fourth-order valence-electron chi connectivity index (χ4n) is 3.26. The molecule has 0 amide bonds. The number of phenolic OH excluding ortho intramolecular Hbond substituents is 2. The highest BCUT2D eigenvalue weighted by Crippen LogP contribution is 2.31. The molecule has 0 spiro atoms. The maximum atomic E-state index is 9.55. The number of rotatable bonds is 7. The Bertz CT molecular complexity index is 716. The Labute approximate surface area is 149 Å². The van der Waals surface area contributed by atoms with Gasteiger partial charge in [0.05, 0.1) is 0 Å². The molecule has 0 aliphatic heterocycles. The van der Waals surface area contributed by atoms with E-state index < -0.39 is 0 Å². The molecule has 128 valence electrons. The Kier molecular flexibility index (Phi) is 5.73. The average molecular weight is 332 g/mol. The van der Waals surface area contributed by atoms with Crippen molar-refractivity contribution in [3.05, 3.63) is 95.6 Å². The summed E-state index contributed by atoms with van der Waals surface area (Å²) in [6.07, 6.45) is 4.42. The van der Waals surface area contributed by atoms with Gasteiger partial charge in [-0.3, -0.25) is 0 Å². The van der Waals surface area contributed by atoms with Gasteiger partial charge in [0.1, 0.15) is 11.5 Å². The zero-order valence-electron chi connectivity index (χ0n) is 14.3. The molecule has 0 unspecified atom stereocenters. The van der Waals surface area contributed by atoms with E-state index in [1.165, 1.54) is 16.7 Å². The second-order valence-corrected chi connectivity index (χ2v) is 6.47. The Morgan fingerprint density at radius 1 is 0.600 bits per heavy atom. The summed E-state index contributed by atoms with van der Waals surface area (Å²) in [6.45, 7) is 0. The van der Waals surface area contributed by atoms with Gasteiger partial charge < -0.3 is 10.2 Å². The lowest BCUT2D eigenvalue weighted by Gasteiger charge is -2.18. The summed E-state index contributed by atoms with van der Waals surface area (Å²) < 4.78 is 0. The molecule has 0 saturated heterocycles. The van der Waals surface area contributed by atoms with Gasteiger partial charge in [-0.25, -0.2) is 0 Å². The first kappa shape index (κ1) is 17.1. The third-order valence-corrected chi connectivity index (χ3v) is 4.64. The fourth-order valence-corrected chi connectivity index (χ4v) is 3.26. The van der Waals surface area contributed by atoms with Crippen molar-refractivity contribution in [1.82, 2.24) is 0 Å². The van der Waals surface area contributed by atoms with Crippen molar-refractivity contribution < 1.29 is 10.2 Å². The van der Waals surface area contributed by atoms with E-state index in [0.29, 0.717) is 0 Å². The molecule has 0 aliphatic rings. The van der Waals surface area contributed by atoms with Gasteiger partial charge in [0.25, 0.3) is 0 Å². The average Bonchev–Trinajstić information content (AvgIpc) is 2.65. The molecule has 3 aromatic rings. The van der Waals surface area contributed by atoms with E-state index in [1.807, 2.05) is 24.3 Å². The number of phenols is 2. The van der Waals surface area contributed by atoms with Crippen molar-refractivity contribution in [3.8, 4) is 11.5 Å². The van der Waals surface area contributed by atoms with Crippen molar-refractivity contribution in [2.45, 2.75) is 31.6 Å². The molecule has 3 aromatic carbocycles. The number of unbranched alkanes of at least 4 members (excludes halogenated alkanes) is 1. The molecule has 0 saturated carbocycles. The predicted molar refractivity (Wildman–Crippen MR) is 102 cm³/mol. The second-order valence-electron chi connectivity index (χ2n) is 6.47. The van der Waals surface area contributed by atoms with Crippen LogP contribution >= 0.6 is 0 Å². The molecule has 2 N–H and O–H groups in total. The summed E-state index contributed by atoms with van der Waals surface area (Å²) in [4.78, 5) is 0. The monoisotopic (exact) mass is 332 g/mol. The molecule has 0 bridgehead atoms. The molecular formula is C23H24O2. The van der Waals surface area contributed by atoms with E-state index in [0.717, 1.165) is 25.7 Å². The highest BCUT2D eigenvalue weighted by molar-refractivity contribution is 5.37. The van der Waals surface area contributed by atoms with Crippen LogP contribution in [0.25, 0.3) is 0 Å². The Morgan fingerprint density at radius 2 is 1.12 bits per heavy atom. The largest absolute Gasteiger partial charge is 0.508 e. The SMILES string of the molecule is Oc1ccc(C(CCCCc2ccccc2)c2ccc(O)cc2)cc1. The number of aromatic hydroxyl groups is 2. The minimum atomic E-state index is 0.275. The molecule has 3 rings (SSSR count). The van der Waals surface area contributed by atoms with Gasteiger partial charge >= 0.3 is 0 Å². The van der Waals surface area contributed by atoms with Gasteiger partial charge in [-0.1, -0.05) is 61.0 Å². The van der Waals surface area contributed by atoms with Gasteiger partial charge in [0.2, 0.25) is 0 Å². The van der Waals surface area contributed by atoms with Crippen LogP contribution in [0.2, 0.25) is 0 Å². The van der Waals surface area contributed by atoms with Gasteiger partial charge in [-0.05, 0) is 60.2 Å². The zero-order valence-corrected chi connectivity index (χ0v) is 14.3. The molecule has 2 heteroatoms. The molecule has 25 heavy (non-hydrogen) atoms. The van der Waals surface area contributed by atoms with Crippen molar-refractivity contribution >= 4 is 0 Å². The van der Waals surface area contributed by atoms with Crippen LogP contribution < -0.4 is 0 Å². The summed E-state index contributed by atoms with van der Waals surface area (Å²) in [5, 5.41) is 19.1. The number of aryl methyl sites for hydroxylation is 1. The normalized spacial score (nSPS) is 10.9. The van der Waals surface area contributed by atoms with E-state index in [4.69, 9.17) is 0 Å². The quantitative estimate of drug-likeness (QED) is 0.549.